The summed E-state index contributed by atoms with van der Waals surface area (Å²) in [5.74, 6) is 0. The van der Waals surface area contributed by atoms with E-state index in [9.17, 15) is 4.39 Å². The first-order valence-electron chi connectivity index (χ1n) is 6.17. The van der Waals surface area contributed by atoms with Crippen LogP contribution in [-0.4, -0.2) is 6.17 Å². The molecule has 88 valence electrons. The molecule has 0 aromatic heterocycles. The van der Waals surface area contributed by atoms with Gasteiger partial charge in [0.1, 0.15) is 6.17 Å². The van der Waals surface area contributed by atoms with Crippen LogP contribution in [0.15, 0.2) is 24.8 Å². The second-order valence-corrected chi connectivity index (χ2v) is 4.16. The fourth-order valence-electron chi connectivity index (χ4n) is 1.59. The minimum Gasteiger partial charge on any atom is -0.242 e. The van der Waals surface area contributed by atoms with Gasteiger partial charge in [-0.25, -0.2) is 4.39 Å². The maximum Gasteiger partial charge on any atom is 0.125 e. The Balaban J connectivity index is 3.23. The van der Waals surface area contributed by atoms with Gasteiger partial charge in [-0.2, -0.15) is 0 Å². The minimum absolute atomic E-state index is 0.529. The molecule has 1 atom stereocenters. The lowest BCUT2D eigenvalue weighted by Gasteiger charge is -2.07. The molecule has 0 rings (SSSR count). The Hall–Kier alpha value is -0.590. The van der Waals surface area contributed by atoms with E-state index in [0.717, 1.165) is 12.8 Å². The van der Waals surface area contributed by atoms with Crippen LogP contribution in [0.4, 0.5) is 4.39 Å². The maximum absolute atomic E-state index is 13.3. The standard InChI is InChI=1S/C14H25F/c1-4-6-7-8-9-10-11-12-14(15)13(3)5-2/h5,14H,2-4,6-12H2,1H3/t14-/m1/s1. The highest BCUT2D eigenvalue weighted by atomic mass is 19.1. The van der Waals surface area contributed by atoms with E-state index in [0.29, 0.717) is 12.0 Å². The first-order chi connectivity index (χ1) is 7.22. The Kier molecular flexibility index (Phi) is 9.55. The Labute approximate surface area is 94.3 Å². The van der Waals surface area contributed by atoms with Gasteiger partial charge >= 0.3 is 0 Å². The molecular weight excluding hydrogens is 187 g/mol. The second-order valence-electron chi connectivity index (χ2n) is 4.16. The zero-order chi connectivity index (χ0) is 11.5. The highest BCUT2D eigenvalue weighted by Gasteiger charge is 2.06. The molecule has 0 saturated carbocycles. The van der Waals surface area contributed by atoms with Crippen molar-refractivity contribution in [3.8, 4) is 0 Å². The summed E-state index contributed by atoms with van der Waals surface area (Å²) in [6.45, 7) is 9.36. The predicted molar refractivity (Wildman–Crippen MR) is 66.8 cm³/mol. The van der Waals surface area contributed by atoms with Gasteiger partial charge in [-0.3, -0.25) is 0 Å². The predicted octanol–water partition coefficient (Wildman–Crippen LogP) is 5.21. The lowest BCUT2D eigenvalue weighted by atomic mass is 10.0. The van der Waals surface area contributed by atoms with Gasteiger partial charge in [0.15, 0.2) is 0 Å². The van der Waals surface area contributed by atoms with Crippen molar-refractivity contribution in [3.05, 3.63) is 24.8 Å². The molecule has 0 heterocycles. The Morgan fingerprint density at radius 2 is 1.67 bits per heavy atom. The fourth-order valence-corrected chi connectivity index (χ4v) is 1.59. The number of hydrogen-bond donors (Lipinski definition) is 0. The molecule has 0 saturated heterocycles. The van der Waals surface area contributed by atoms with Crippen molar-refractivity contribution >= 4 is 0 Å². The molecule has 0 aliphatic rings. The van der Waals surface area contributed by atoms with Crippen molar-refractivity contribution in [2.45, 2.75) is 64.5 Å². The van der Waals surface area contributed by atoms with Crippen molar-refractivity contribution in [2.24, 2.45) is 0 Å². The number of alkyl halides is 1. The third kappa shape index (κ3) is 8.41. The Morgan fingerprint density at radius 1 is 1.13 bits per heavy atom. The van der Waals surface area contributed by atoms with Crippen LogP contribution in [0.1, 0.15) is 58.3 Å². The summed E-state index contributed by atoms with van der Waals surface area (Å²) in [7, 11) is 0. The first-order valence-corrected chi connectivity index (χ1v) is 6.17. The van der Waals surface area contributed by atoms with E-state index in [1.807, 2.05) is 0 Å². The molecule has 0 nitrogen and oxygen atoms in total. The van der Waals surface area contributed by atoms with Crippen molar-refractivity contribution in [2.75, 3.05) is 0 Å². The molecule has 0 unspecified atom stereocenters. The van der Waals surface area contributed by atoms with Crippen molar-refractivity contribution in [1.82, 2.24) is 0 Å². The largest absolute Gasteiger partial charge is 0.242 e. The molecule has 0 aromatic carbocycles. The number of rotatable bonds is 10. The maximum atomic E-state index is 13.3. The summed E-state index contributed by atoms with van der Waals surface area (Å²) in [4.78, 5) is 0. The van der Waals surface area contributed by atoms with Crippen LogP contribution in [-0.2, 0) is 0 Å². The Bertz CT molecular complexity index is 172. The van der Waals surface area contributed by atoms with Crippen LogP contribution in [0, 0.1) is 0 Å². The van der Waals surface area contributed by atoms with E-state index >= 15 is 0 Å². The molecule has 0 fully saturated rings. The molecule has 1 heteroatoms. The number of halogens is 1. The van der Waals surface area contributed by atoms with Gasteiger partial charge < -0.3 is 0 Å². The summed E-state index contributed by atoms with van der Waals surface area (Å²) >= 11 is 0. The van der Waals surface area contributed by atoms with Gasteiger partial charge in [-0.15, -0.1) is 0 Å². The SMILES string of the molecule is C=CC(=C)[C@H](F)CCCCCCCCC. The fraction of sp³-hybridized carbons (Fsp3) is 0.714. The van der Waals surface area contributed by atoms with E-state index in [-0.39, 0.29) is 0 Å². The number of unbranched alkanes of at least 4 members (excludes halogenated alkanes) is 6. The van der Waals surface area contributed by atoms with Crippen LogP contribution < -0.4 is 0 Å². The molecule has 0 amide bonds. The molecule has 0 spiro atoms. The highest BCUT2D eigenvalue weighted by molar-refractivity contribution is 5.15. The first kappa shape index (κ1) is 14.4. The quantitative estimate of drug-likeness (QED) is 0.344. The third-order valence-corrected chi connectivity index (χ3v) is 2.73. The summed E-state index contributed by atoms with van der Waals surface area (Å²) < 4.78 is 13.3. The van der Waals surface area contributed by atoms with Gasteiger partial charge in [0.25, 0.3) is 0 Å². The van der Waals surface area contributed by atoms with Crippen molar-refractivity contribution in [3.63, 3.8) is 0 Å². The lowest BCUT2D eigenvalue weighted by Crippen LogP contribution is -2.00. The van der Waals surface area contributed by atoms with Gasteiger partial charge in [0, 0.05) is 0 Å². The molecule has 0 N–H and O–H groups in total. The van der Waals surface area contributed by atoms with Crippen LogP contribution in [0.25, 0.3) is 0 Å². The molecule has 0 aliphatic carbocycles. The third-order valence-electron chi connectivity index (χ3n) is 2.73. The summed E-state index contributed by atoms with van der Waals surface area (Å²) in [5.41, 5.74) is 0.529. The topological polar surface area (TPSA) is 0 Å². The molecule has 0 bridgehead atoms. The van der Waals surface area contributed by atoms with Crippen LogP contribution in [0.3, 0.4) is 0 Å². The average molecular weight is 212 g/mol. The van der Waals surface area contributed by atoms with E-state index in [4.69, 9.17) is 0 Å². The summed E-state index contributed by atoms with van der Waals surface area (Å²) in [6, 6.07) is 0. The minimum atomic E-state index is -0.877. The lowest BCUT2D eigenvalue weighted by molar-refractivity contribution is 0.353. The summed E-state index contributed by atoms with van der Waals surface area (Å²) in [5, 5.41) is 0. The molecular formula is C14H25F. The molecule has 15 heavy (non-hydrogen) atoms. The van der Waals surface area contributed by atoms with Gasteiger partial charge in [-0.05, 0) is 12.0 Å². The second kappa shape index (κ2) is 9.95. The van der Waals surface area contributed by atoms with E-state index < -0.39 is 6.17 Å². The van der Waals surface area contributed by atoms with Gasteiger partial charge in [0.05, 0.1) is 0 Å². The zero-order valence-corrected chi connectivity index (χ0v) is 10.1. The molecule has 0 aliphatic heterocycles. The van der Waals surface area contributed by atoms with E-state index in [1.54, 1.807) is 0 Å². The highest BCUT2D eigenvalue weighted by Crippen LogP contribution is 2.15. The molecule has 0 radical (unpaired) electrons. The average Bonchev–Trinajstić information content (AvgIpc) is 2.26. The monoisotopic (exact) mass is 212 g/mol. The van der Waals surface area contributed by atoms with Gasteiger partial charge in [0.2, 0.25) is 0 Å². The van der Waals surface area contributed by atoms with Gasteiger partial charge in [-0.1, -0.05) is 71.1 Å². The normalized spacial score (nSPS) is 12.4. The molecule has 0 aromatic rings. The zero-order valence-electron chi connectivity index (χ0n) is 10.1. The van der Waals surface area contributed by atoms with Crippen molar-refractivity contribution < 1.29 is 4.39 Å². The number of allylic oxidation sites excluding steroid dienone is 2. The van der Waals surface area contributed by atoms with Crippen LogP contribution >= 0.6 is 0 Å². The van der Waals surface area contributed by atoms with Crippen LogP contribution in [0.2, 0.25) is 0 Å². The smallest absolute Gasteiger partial charge is 0.125 e. The number of hydrogen-bond acceptors (Lipinski definition) is 0. The summed E-state index contributed by atoms with van der Waals surface area (Å²) in [6.07, 6.45) is 9.86. The van der Waals surface area contributed by atoms with E-state index in [2.05, 4.69) is 20.1 Å². The van der Waals surface area contributed by atoms with E-state index in [1.165, 1.54) is 38.2 Å². The van der Waals surface area contributed by atoms with Crippen LogP contribution in [0.5, 0.6) is 0 Å². The Morgan fingerprint density at radius 3 is 2.20 bits per heavy atom. The van der Waals surface area contributed by atoms with Crippen molar-refractivity contribution in [1.29, 1.82) is 0 Å².